The normalized spacial score (nSPS) is 20.7. The van der Waals surface area contributed by atoms with Crippen molar-refractivity contribution < 1.29 is 5.11 Å². The fraction of sp³-hybridized carbons (Fsp3) is 0.500. The molecule has 74 valence electrons. The van der Waals surface area contributed by atoms with E-state index in [0.717, 1.165) is 6.04 Å². The third-order valence-electron chi connectivity index (χ3n) is 3.21. The van der Waals surface area contributed by atoms with Gasteiger partial charge in [0, 0.05) is 24.3 Å². The molecule has 0 spiro atoms. The Morgan fingerprint density at radius 1 is 1.29 bits per heavy atom. The zero-order valence-electron chi connectivity index (χ0n) is 8.24. The highest BCUT2D eigenvalue weighted by Gasteiger charge is 2.31. The van der Waals surface area contributed by atoms with E-state index in [9.17, 15) is 5.11 Å². The number of nitrogens with zero attached hydrogens (tertiary/aromatic N) is 1. The zero-order valence-corrected chi connectivity index (χ0v) is 8.24. The third kappa shape index (κ3) is 1.26. The van der Waals surface area contributed by atoms with Gasteiger partial charge in [-0.05, 0) is 37.3 Å². The van der Waals surface area contributed by atoms with Gasteiger partial charge in [0.25, 0.3) is 0 Å². The molecule has 1 saturated carbocycles. The van der Waals surface area contributed by atoms with Crippen LogP contribution in [0.5, 0.6) is 5.75 Å². The molecule has 1 aromatic rings. The number of aromatic hydroxyl groups is 1. The van der Waals surface area contributed by atoms with Gasteiger partial charge in [0.2, 0.25) is 0 Å². The number of phenolic OH excluding ortho intramolecular Hbond substituents is 1. The molecule has 0 unspecified atom stereocenters. The molecule has 2 aliphatic rings. The van der Waals surface area contributed by atoms with Gasteiger partial charge in [-0.15, -0.1) is 0 Å². The van der Waals surface area contributed by atoms with Crippen molar-refractivity contribution in [3.8, 4) is 5.75 Å². The Kier molecular flexibility index (Phi) is 1.69. The lowest BCUT2D eigenvalue weighted by Gasteiger charge is -2.31. The molecular weight excluding hydrogens is 174 g/mol. The number of hydrogen-bond acceptors (Lipinski definition) is 2. The standard InChI is InChI=1S/C12H15NO/c14-11-6-3-9-2-1-7-13(10-4-5-10)12(9)8-11/h3,6,8,10,14H,1-2,4-5,7H2. The highest BCUT2D eigenvalue weighted by molar-refractivity contribution is 5.59. The SMILES string of the molecule is Oc1ccc2c(c1)N(C1CC1)CCC2. The number of hydrogen-bond donors (Lipinski definition) is 1. The molecule has 0 amide bonds. The minimum Gasteiger partial charge on any atom is -0.508 e. The zero-order chi connectivity index (χ0) is 9.54. The molecule has 1 fully saturated rings. The Morgan fingerprint density at radius 3 is 2.93 bits per heavy atom. The maximum Gasteiger partial charge on any atom is 0.117 e. The minimum absolute atomic E-state index is 0.399. The fourth-order valence-corrected chi connectivity index (χ4v) is 2.36. The first-order chi connectivity index (χ1) is 6.84. The Balaban J connectivity index is 2.02. The number of anilines is 1. The Labute approximate surface area is 84.2 Å². The molecule has 0 bridgehead atoms. The third-order valence-corrected chi connectivity index (χ3v) is 3.21. The summed E-state index contributed by atoms with van der Waals surface area (Å²) in [7, 11) is 0. The Hall–Kier alpha value is -1.18. The van der Waals surface area contributed by atoms with Crippen molar-refractivity contribution in [3.63, 3.8) is 0 Å². The molecule has 1 aliphatic heterocycles. The van der Waals surface area contributed by atoms with Crippen molar-refractivity contribution in [1.82, 2.24) is 0 Å². The van der Waals surface area contributed by atoms with Crippen LogP contribution in [0.1, 0.15) is 24.8 Å². The van der Waals surface area contributed by atoms with Crippen LogP contribution in [0.25, 0.3) is 0 Å². The summed E-state index contributed by atoms with van der Waals surface area (Å²) in [6, 6.07) is 6.55. The smallest absolute Gasteiger partial charge is 0.117 e. The summed E-state index contributed by atoms with van der Waals surface area (Å²) >= 11 is 0. The molecular formula is C12H15NO. The summed E-state index contributed by atoms with van der Waals surface area (Å²) in [5.41, 5.74) is 2.68. The second-order valence-electron chi connectivity index (χ2n) is 4.34. The number of benzene rings is 1. The average molecular weight is 189 g/mol. The van der Waals surface area contributed by atoms with Crippen LogP contribution in [0, 0.1) is 0 Å². The van der Waals surface area contributed by atoms with Crippen molar-refractivity contribution >= 4 is 5.69 Å². The monoisotopic (exact) mass is 189 g/mol. The number of fused-ring (bicyclic) bond motifs is 1. The van der Waals surface area contributed by atoms with E-state index < -0.39 is 0 Å². The van der Waals surface area contributed by atoms with Gasteiger partial charge in [0.15, 0.2) is 0 Å². The Bertz CT molecular complexity index is 357. The molecule has 0 saturated heterocycles. The fourth-order valence-electron chi connectivity index (χ4n) is 2.36. The second-order valence-corrected chi connectivity index (χ2v) is 4.34. The molecule has 2 heteroatoms. The predicted octanol–water partition coefficient (Wildman–Crippen LogP) is 2.31. The van der Waals surface area contributed by atoms with E-state index in [1.54, 1.807) is 6.07 Å². The predicted molar refractivity (Wildman–Crippen MR) is 56.8 cm³/mol. The van der Waals surface area contributed by atoms with Crippen molar-refractivity contribution in [3.05, 3.63) is 23.8 Å². The molecule has 0 atom stereocenters. The van der Waals surface area contributed by atoms with E-state index in [1.807, 2.05) is 6.07 Å². The molecule has 1 aliphatic carbocycles. The van der Waals surface area contributed by atoms with E-state index in [-0.39, 0.29) is 0 Å². The molecule has 0 aromatic heterocycles. The van der Waals surface area contributed by atoms with Crippen LogP contribution in [-0.4, -0.2) is 17.7 Å². The van der Waals surface area contributed by atoms with Gasteiger partial charge < -0.3 is 10.0 Å². The lowest BCUT2D eigenvalue weighted by Crippen LogP contribution is -2.31. The largest absolute Gasteiger partial charge is 0.508 e. The minimum atomic E-state index is 0.399. The van der Waals surface area contributed by atoms with Crippen molar-refractivity contribution in [2.24, 2.45) is 0 Å². The van der Waals surface area contributed by atoms with Crippen molar-refractivity contribution in [1.29, 1.82) is 0 Å². The molecule has 2 nitrogen and oxygen atoms in total. The second kappa shape index (κ2) is 2.91. The topological polar surface area (TPSA) is 23.5 Å². The van der Waals surface area contributed by atoms with Crippen LogP contribution < -0.4 is 4.90 Å². The maximum atomic E-state index is 9.48. The molecule has 1 N–H and O–H groups in total. The molecule has 1 heterocycles. The van der Waals surface area contributed by atoms with E-state index in [2.05, 4.69) is 11.0 Å². The quantitative estimate of drug-likeness (QED) is 0.732. The lowest BCUT2D eigenvalue weighted by atomic mass is 10.0. The van der Waals surface area contributed by atoms with Crippen LogP contribution in [0.4, 0.5) is 5.69 Å². The summed E-state index contributed by atoms with van der Waals surface area (Å²) in [5.74, 6) is 0.399. The first-order valence-electron chi connectivity index (χ1n) is 5.43. The van der Waals surface area contributed by atoms with Gasteiger partial charge in [0.05, 0.1) is 0 Å². The van der Waals surface area contributed by atoms with Crippen LogP contribution >= 0.6 is 0 Å². The molecule has 1 aromatic carbocycles. The summed E-state index contributed by atoms with van der Waals surface area (Å²) in [6.07, 6.45) is 5.08. The van der Waals surface area contributed by atoms with Crippen LogP contribution in [0.2, 0.25) is 0 Å². The van der Waals surface area contributed by atoms with Crippen molar-refractivity contribution in [2.45, 2.75) is 31.7 Å². The highest BCUT2D eigenvalue weighted by atomic mass is 16.3. The van der Waals surface area contributed by atoms with E-state index in [0.29, 0.717) is 5.75 Å². The van der Waals surface area contributed by atoms with Crippen LogP contribution in [0.3, 0.4) is 0 Å². The highest BCUT2D eigenvalue weighted by Crippen LogP contribution is 2.38. The van der Waals surface area contributed by atoms with Gasteiger partial charge in [-0.1, -0.05) is 6.07 Å². The van der Waals surface area contributed by atoms with Crippen LogP contribution in [0.15, 0.2) is 18.2 Å². The van der Waals surface area contributed by atoms with Gasteiger partial charge in [0.1, 0.15) is 5.75 Å². The molecule has 14 heavy (non-hydrogen) atoms. The maximum absolute atomic E-state index is 9.48. The first-order valence-corrected chi connectivity index (χ1v) is 5.43. The van der Waals surface area contributed by atoms with Gasteiger partial charge in [-0.25, -0.2) is 0 Å². The van der Waals surface area contributed by atoms with E-state index >= 15 is 0 Å². The average Bonchev–Trinajstić information content (AvgIpc) is 3.00. The van der Waals surface area contributed by atoms with Gasteiger partial charge in [-0.3, -0.25) is 0 Å². The Morgan fingerprint density at radius 2 is 2.14 bits per heavy atom. The number of aryl methyl sites for hydroxylation is 1. The first kappa shape index (κ1) is 8.16. The van der Waals surface area contributed by atoms with E-state index in [4.69, 9.17) is 0 Å². The van der Waals surface area contributed by atoms with E-state index in [1.165, 1.54) is 43.5 Å². The molecule has 0 radical (unpaired) electrons. The number of phenols is 1. The summed E-state index contributed by atoms with van der Waals surface area (Å²) in [6.45, 7) is 1.17. The lowest BCUT2D eigenvalue weighted by molar-refractivity contribution is 0.474. The number of rotatable bonds is 1. The summed E-state index contributed by atoms with van der Waals surface area (Å²) < 4.78 is 0. The van der Waals surface area contributed by atoms with Crippen molar-refractivity contribution in [2.75, 3.05) is 11.4 Å². The van der Waals surface area contributed by atoms with Gasteiger partial charge >= 0.3 is 0 Å². The summed E-state index contributed by atoms with van der Waals surface area (Å²) in [4.78, 5) is 2.47. The molecule has 3 rings (SSSR count). The van der Waals surface area contributed by atoms with Gasteiger partial charge in [-0.2, -0.15) is 0 Å². The van der Waals surface area contributed by atoms with Crippen LogP contribution in [-0.2, 0) is 6.42 Å². The summed E-state index contributed by atoms with van der Waals surface area (Å²) in [5, 5.41) is 9.48.